The van der Waals surface area contributed by atoms with Crippen LogP contribution >= 0.6 is 0 Å². The smallest absolute Gasteiger partial charge is 0.323 e. The number of aromatic nitrogens is 3. The van der Waals surface area contributed by atoms with Gasteiger partial charge in [0.25, 0.3) is 0 Å². The van der Waals surface area contributed by atoms with E-state index in [9.17, 15) is 13.6 Å². The highest BCUT2D eigenvalue weighted by atomic mass is 19.1. The molecule has 0 saturated carbocycles. The minimum Gasteiger partial charge on any atom is -0.378 e. The Kier molecular flexibility index (Phi) is 6.34. The van der Waals surface area contributed by atoms with Gasteiger partial charge in [-0.15, -0.1) is 0 Å². The van der Waals surface area contributed by atoms with Crippen molar-refractivity contribution in [2.45, 2.75) is 19.5 Å². The Morgan fingerprint density at radius 2 is 1.73 bits per heavy atom. The van der Waals surface area contributed by atoms with Crippen LogP contribution in [0.3, 0.4) is 0 Å². The molecule has 2 aromatic heterocycles. The number of rotatable bonds is 4. The number of halogens is 2. The van der Waals surface area contributed by atoms with Crippen molar-refractivity contribution in [2.24, 2.45) is 0 Å². The summed E-state index contributed by atoms with van der Waals surface area (Å²) in [6.07, 6.45) is 1.96. The van der Waals surface area contributed by atoms with E-state index < -0.39 is 23.7 Å². The first-order valence-corrected chi connectivity index (χ1v) is 12.9. The van der Waals surface area contributed by atoms with Gasteiger partial charge in [0.1, 0.15) is 17.5 Å². The molecule has 0 radical (unpaired) electrons. The number of carbonyl (C=O) groups is 1. The topological polar surface area (TPSA) is 58.3 Å². The summed E-state index contributed by atoms with van der Waals surface area (Å²) in [6.45, 7) is 2.11. The van der Waals surface area contributed by atoms with Crippen LogP contribution in [0.15, 0.2) is 91.1 Å². The highest BCUT2D eigenvalue weighted by molar-refractivity contribution is 5.90. The van der Waals surface area contributed by atoms with Crippen LogP contribution in [-0.4, -0.2) is 39.4 Å². The normalized spacial score (nSPS) is 14.3. The fraction of sp³-hybridized carbons (Fsp3) is 0.161. The second kappa shape index (κ2) is 10.00. The largest absolute Gasteiger partial charge is 0.378 e. The van der Waals surface area contributed by atoms with Crippen LogP contribution < -0.4 is 10.2 Å². The number of para-hydroxylation sites is 1. The molecule has 9 heteroatoms. The molecule has 0 spiro atoms. The highest BCUT2D eigenvalue weighted by Gasteiger charge is 2.36. The Morgan fingerprint density at radius 1 is 0.975 bits per heavy atom. The molecule has 0 unspecified atom stereocenters. The highest BCUT2D eigenvalue weighted by Crippen LogP contribution is 2.39. The summed E-state index contributed by atoms with van der Waals surface area (Å²) < 4.78 is 32.5. The van der Waals surface area contributed by atoms with E-state index in [0.717, 1.165) is 57.9 Å². The third-order valence-corrected chi connectivity index (χ3v) is 7.24. The van der Waals surface area contributed by atoms with Gasteiger partial charge in [0.2, 0.25) is 0 Å². The molecule has 1 aliphatic rings. The lowest BCUT2D eigenvalue weighted by atomic mass is 10.0. The summed E-state index contributed by atoms with van der Waals surface area (Å²) in [6, 6.07) is 23.6. The molecule has 2 amide bonds. The van der Waals surface area contributed by atoms with Gasteiger partial charge in [-0.25, -0.2) is 18.3 Å². The van der Waals surface area contributed by atoms with Crippen LogP contribution in [0.2, 0.25) is 0 Å². The number of aryl methyl sites for hydroxylation is 1. The Morgan fingerprint density at radius 3 is 2.45 bits per heavy atom. The zero-order valence-corrected chi connectivity index (χ0v) is 22.3. The molecule has 0 aliphatic carbocycles. The van der Waals surface area contributed by atoms with Crippen LogP contribution in [0.25, 0.3) is 11.5 Å². The predicted octanol–water partition coefficient (Wildman–Crippen LogP) is 6.45. The van der Waals surface area contributed by atoms with Gasteiger partial charge in [-0.05, 0) is 61.0 Å². The summed E-state index contributed by atoms with van der Waals surface area (Å²) in [5.41, 5.74) is 5.01. The first kappa shape index (κ1) is 25.4. The molecule has 1 atom stereocenters. The monoisotopic (exact) mass is 538 g/mol. The van der Waals surface area contributed by atoms with E-state index in [0.29, 0.717) is 0 Å². The lowest BCUT2D eigenvalue weighted by molar-refractivity contribution is 0.194. The fourth-order valence-electron chi connectivity index (χ4n) is 5.24. The number of hydrogen-bond acceptors (Lipinski definition) is 3. The zero-order chi connectivity index (χ0) is 28.0. The lowest BCUT2D eigenvalue weighted by Gasteiger charge is -2.31. The third-order valence-electron chi connectivity index (χ3n) is 7.24. The SMILES string of the molecule is Cc1nn(-c2ccccc2)c2c1CN(C(=O)Nc1cc(F)ccc1F)[C@H](c1ccc(N(C)C)cc1)c1cccn1-2. The maximum absolute atomic E-state index is 14.6. The molecule has 40 heavy (non-hydrogen) atoms. The van der Waals surface area contributed by atoms with Gasteiger partial charge in [0.05, 0.1) is 35.3 Å². The molecule has 5 aromatic rings. The van der Waals surface area contributed by atoms with Gasteiger partial charge >= 0.3 is 6.03 Å². The molecular formula is C31H28F2N6O. The molecule has 1 aliphatic heterocycles. The Labute approximate surface area is 230 Å². The third kappa shape index (κ3) is 4.39. The molecule has 1 N–H and O–H groups in total. The van der Waals surface area contributed by atoms with Crippen molar-refractivity contribution in [1.29, 1.82) is 0 Å². The number of amides is 2. The van der Waals surface area contributed by atoms with Crippen LogP contribution in [0.5, 0.6) is 0 Å². The first-order valence-electron chi connectivity index (χ1n) is 12.9. The number of nitrogens with one attached hydrogen (secondary N) is 1. The number of benzene rings is 3. The lowest BCUT2D eigenvalue weighted by Crippen LogP contribution is -2.38. The van der Waals surface area contributed by atoms with Crippen molar-refractivity contribution in [2.75, 3.05) is 24.3 Å². The summed E-state index contributed by atoms with van der Waals surface area (Å²) in [5, 5.41) is 7.45. The summed E-state index contributed by atoms with van der Waals surface area (Å²) in [5.74, 6) is -0.529. The van der Waals surface area contributed by atoms with E-state index in [1.807, 2.05) is 104 Å². The average molecular weight is 539 g/mol. The van der Waals surface area contributed by atoms with Gasteiger partial charge in [0, 0.05) is 37.6 Å². The van der Waals surface area contributed by atoms with E-state index in [-0.39, 0.29) is 12.2 Å². The summed E-state index contributed by atoms with van der Waals surface area (Å²) in [4.78, 5) is 17.6. The van der Waals surface area contributed by atoms with E-state index >= 15 is 0 Å². The Balaban J connectivity index is 1.53. The average Bonchev–Trinajstić information content (AvgIpc) is 3.51. The van der Waals surface area contributed by atoms with Crippen molar-refractivity contribution in [1.82, 2.24) is 19.2 Å². The van der Waals surface area contributed by atoms with Crippen molar-refractivity contribution in [3.63, 3.8) is 0 Å². The zero-order valence-electron chi connectivity index (χ0n) is 22.3. The standard InChI is InChI=1S/C31H28F2N6O/c1-20-25-19-38(31(40)34-27-18-22(32)13-16-26(27)33)29(21-11-14-23(15-12-21)36(2)3)28-10-7-17-37(28)30(25)39(35-20)24-8-5-4-6-9-24/h4-18,29H,19H2,1-3H3,(H,34,40)/t29-/m1/s1. The van der Waals surface area contributed by atoms with Crippen LogP contribution in [0.4, 0.5) is 25.0 Å². The number of hydrogen-bond donors (Lipinski definition) is 1. The number of fused-ring (bicyclic) bond motifs is 3. The Hall–Kier alpha value is -4.92. The molecule has 3 heterocycles. The minimum atomic E-state index is -0.714. The van der Waals surface area contributed by atoms with Gasteiger partial charge < -0.3 is 19.7 Å². The quantitative estimate of drug-likeness (QED) is 0.286. The Bertz CT molecular complexity index is 1690. The van der Waals surface area contributed by atoms with Gasteiger partial charge in [-0.2, -0.15) is 5.10 Å². The maximum atomic E-state index is 14.6. The van der Waals surface area contributed by atoms with Crippen LogP contribution in [0.1, 0.15) is 28.6 Å². The number of carbonyl (C=O) groups excluding carboxylic acids is 1. The second-order valence-electron chi connectivity index (χ2n) is 10.0. The second-order valence-corrected chi connectivity index (χ2v) is 10.0. The van der Waals surface area contributed by atoms with Crippen molar-refractivity contribution in [3.8, 4) is 11.5 Å². The van der Waals surface area contributed by atoms with E-state index in [1.165, 1.54) is 0 Å². The number of urea groups is 1. The molecule has 7 nitrogen and oxygen atoms in total. The molecule has 0 fully saturated rings. The van der Waals surface area contributed by atoms with Gasteiger partial charge in [0.15, 0.2) is 0 Å². The molecular weight excluding hydrogens is 510 g/mol. The predicted molar refractivity (Wildman–Crippen MR) is 151 cm³/mol. The van der Waals surface area contributed by atoms with Crippen LogP contribution in [-0.2, 0) is 6.54 Å². The van der Waals surface area contributed by atoms with E-state index in [4.69, 9.17) is 5.10 Å². The van der Waals surface area contributed by atoms with Gasteiger partial charge in [-0.1, -0.05) is 30.3 Å². The molecule has 202 valence electrons. The summed E-state index contributed by atoms with van der Waals surface area (Å²) in [7, 11) is 3.93. The maximum Gasteiger partial charge on any atom is 0.323 e. The minimum absolute atomic E-state index is 0.193. The fourth-order valence-corrected chi connectivity index (χ4v) is 5.24. The van der Waals surface area contributed by atoms with Crippen molar-refractivity contribution >= 4 is 17.4 Å². The van der Waals surface area contributed by atoms with Crippen molar-refractivity contribution in [3.05, 3.63) is 125 Å². The van der Waals surface area contributed by atoms with Crippen molar-refractivity contribution < 1.29 is 13.6 Å². The van der Waals surface area contributed by atoms with E-state index in [1.54, 1.807) is 4.90 Å². The first-order chi connectivity index (χ1) is 19.3. The molecule has 0 saturated heterocycles. The van der Waals surface area contributed by atoms with Crippen LogP contribution in [0, 0.1) is 18.6 Å². The summed E-state index contributed by atoms with van der Waals surface area (Å²) >= 11 is 0. The number of anilines is 2. The molecule has 3 aromatic carbocycles. The van der Waals surface area contributed by atoms with Gasteiger partial charge in [-0.3, -0.25) is 0 Å². The molecule has 6 rings (SSSR count). The van der Waals surface area contributed by atoms with E-state index in [2.05, 4.69) is 9.88 Å². The number of nitrogens with zero attached hydrogens (tertiary/aromatic N) is 5. The molecule has 0 bridgehead atoms.